The number of piperidine rings is 1. The number of halogens is 1. The van der Waals surface area contributed by atoms with E-state index in [0.29, 0.717) is 12.1 Å². The Labute approximate surface area is 175 Å². The maximum Gasteiger partial charge on any atom is 0.243 e. The van der Waals surface area contributed by atoms with Crippen molar-refractivity contribution in [2.24, 2.45) is 4.99 Å². The normalized spacial score (nSPS) is 23.2. The summed E-state index contributed by atoms with van der Waals surface area (Å²) in [6, 6.07) is 1.84. The Bertz CT molecular complexity index is 467. The maximum atomic E-state index is 11.8. The van der Waals surface area contributed by atoms with Crippen LogP contribution in [0, 0.1) is 0 Å². The number of hydrogen-bond donors (Lipinski definition) is 2. The monoisotopic (exact) mass is 477 g/mol. The minimum atomic E-state index is 0. The molecule has 1 amide bonds. The highest BCUT2D eigenvalue weighted by atomic mass is 127. The molecule has 2 aliphatic carbocycles. The summed E-state index contributed by atoms with van der Waals surface area (Å²) < 4.78 is 0. The summed E-state index contributed by atoms with van der Waals surface area (Å²) in [4.78, 5) is 20.6. The average molecular weight is 477 g/mol. The van der Waals surface area contributed by atoms with Crippen LogP contribution in [0.4, 0.5) is 0 Å². The molecule has 1 aliphatic heterocycles. The molecule has 0 aromatic rings. The van der Waals surface area contributed by atoms with Gasteiger partial charge in [0.1, 0.15) is 6.54 Å². The third kappa shape index (κ3) is 6.87. The number of carbonyl (C=O) groups excluding carboxylic acids is 1. The molecule has 0 spiro atoms. The molecular formula is C19H36IN5O. The van der Waals surface area contributed by atoms with Crippen LogP contribution in [0.1, 0.15) is 57.8 Å². The van der Waals surface area contributed by atoms with Crippen molar-refractivity contribution in [3.8, 4) is 0 Å². The first-order chi connectivity index (χ1) is 12.1. The number of carbonyl (C=O) groups is 1. The first-order valence-electron chi connectivity index (χ1n) is 10.1. The second-order valence-electron chi connectivity index (χ2n) is 8.12. The van der Waals surface area contributed by atoms with E-state index in [2.05, 4.69) is 20.5 Å². The molecule has 7 heteroatoms. The van der Waals surface area contributed by atoms with Crippen LogP contribution in [-0.2, 0) is 4.79 Å². The molecule has 2 saturated carbocycles. The number of amides is 1. The summed E-state index contributed by atoms with van der Waals surface area (Å²) in [6.07, 6.45) is 11.8. The SMILES string of the molecule is CN(C)C(=O)CN=C(NC1CC1)NC1CCN(C2CCCCC2)CC1.I. The second kappa shape index (κ2) is 10.7. The number of likely N-dealkylation sites (N-methyl/N-ethyl adjacent to an activating group) is 1. The predicted octanol–water partition coefficient (Wildman–Crippen LogP) is 2.19. The third-order valence-corrected chi connectivity index (χ3v) is 5.75. The van der Waals surface area contributed by atoms with Crippen LogP contribution in [0.3, 0.4) is 0 Å². The molecule has 6 nitrogen and oxygen atoms in total. The number of likely N-dealkylation sites (tertiary alicyclic amines) is 1. The molecule has 3 rings (SSSR count). The van der Waals surface area contributed by atoms with Crippen LogP contribution >= 0.6 is 24.0 Å². The quantitative estimate of drug-likeness (QED) is 0.362. The molecule has 0 bridgehead atoms. The zero-order valence-corrected chi connectivity index (χ0v) is 18.7. The topological polar surface area (TPSA) is 60.0 Å². The summed E-state index contributed by atoms with van der Waals surface area (Å²) in [5, 5.41) is 7.05. The van der Waals surface area contributed by atoms with Gasteiger partial charge in [0.2, 0.25) is 5.91 Å². The molecule has 150 valence electrons. The van der Waals surface area contributed by atoms with Gasteiger partial charge in [0.25, 0.3) is 0 Å². The van der Waals surface area contributed by atoms with Crippen molar-refractivity contribution >= 4 is 35.8 Å². The summed E-state index contributed by atoms with van der Waals surface area (Å²) >= 11 is 0. The largest absolute Gasteiger partial charge is 0.354 e. The van der Waals surface area contributed by atoms with Crippen molar-refractivity contribution < 1.29 is 4.79 Å². The van der Waals surface area contributed by atoms with E-state index in [1.165, 1.54) is 70.9 Å². The number of aliphatic imine (C=N–C) groups is 1. The van der Waals surface area contributed by atoms with Gasteiger partial charge >= 0.3 is 0 Å². The third-order valence-electron chi connectivity index (χ3n) is 5.75. The van der Waals surface area contributed by atoms with Crippen molar-refractivity contribution in [1.29, 1.82) is 0 Å². The van der Waals surface area contributed by atoms with E-state index in [0.717, 1.165) is 12.0 Å². The van der Waals surface area contributed by atoms with Gasteiger partial charge in [-0.3, -0.25) is 4.79 Å². The van der Waals surface area contributed by atoms with E-state index in [9.17, 15) is 4.79 Å². The van der Waals surface area contributed by atoms with Gasteiger partial charge in [-0.1, -0.05) is 19.3 Å². The lowest BCUT2D eigenvalue weighted by Crippen LogP contribution is -2.51. The highest BCUT2D eigenvalue weighted by molar-refractivity contribution is 14.0. The molecule has 0 aromatic heterocycles. The van der Waals surface area contributed by atoms with Gasteiger partial charge in [0.05, 0.1) is 0 Å². The van der Waals surface area contributed by atoms with Gasteiger partial charge in [-0.2, -0.15) is 0 Å². The predicted molar refractivity (Wildman–Crippen MR) is 117 cm³/mol. The Morgan fingerprint density at radius 1 is 0.962 bits per heavy atom. The van der Waals surface area contributed by atoms with Crippen LogP contribution in [0.25, 0.3) is 0 Å². The van der Waals surface area contributed by atoms with Gasteiger partial charge in [-0.15, -0.1) is 24.0 Å². The van der Waals surface area contributed by atoms with Crippen LogP contribution < -0.4 is 10.6 Å². The lowest BCUT2D eigenvalue weighted by Gasteiger charge is -2.39. The highest BCUT2D eigenvalue weighted by Gasteiger charge is 2.28. The molecule has 0 unspecified atom stereocenters. The summed E-state index contributed by atoms with van der Waals surface area (Å²) in [5.41, 5.74) is 0. The smallest absolute Gasteiger partial charge is 0.243 e. The van der Waals surface area contributed by atoms with Crippen LogP contribution in [0.15, 0.2) is 4.99 Å². The molecular weight excluding hydrogens is 441 g/mol. The summed E-state index contributed by atoms with van der Waals surface area (Å²) in [6.45, 7) is 2.60. The van der Waals surface area contributed by atoms with Crippen LogP contribution in [0.5, 0.6) is 0 Å². The van der Waals surface area contributed by atoms with E-state index in [-0.39, 0.29) is 36.4 Å². The first kappa shape index (κ1) is 21.7. The van der Waals surface area contributed by atoms with Crippen LogP contribution in [0.2, 0.25) is 0 Å². The fourth-order valence-corrected chi connectivity index (χ4v) is 3.89. The van der Waals surface area contributed by atoms with Gasteiger partial charge in [-0.05, 0) is 38.5 Å². The number of hydrogen-bond acceptors (Lipinski definition) is 3. The molecule has 3 aliphatic rings. The van der Waals surface area contributed by atoms with Crippen molar-refractivity contribution in [2.45, 2.75) is 75.9 Å². The molecule has 0 atom stereocenters. The number of rotatable bonds is 5. The van der Waals surface area contributed by atoms with Crippen molar-refractivity contribution in [3.63, 3.8) is 0 Å². The second-order valence-corrected chi connectivity index (χ2v) is 8.12. The standard InChI is InChI=1S/C19H35N5O.HI/c1-23(2)18(25)14-20-19(21-15-8-9-15)22-16-10-12-24(13-11-16)17-6-4-3-5-7-17;/h15-17H,3-14H2,1-2H3,(H2,20,21,22);1H. The molecule has 2 N–H and O–H groups in total. The van der Waals surface area contributed by atoms with E-state index in [1.54, 1.807) is 19.0 Å². The fraction of sp³-hybridized carbons (Fsp3) is 0.895. The highest BCUT2D eigenvalue weighted by Crippen LogP contribution is 2.25. The molecule has 0 aromatic carbocycles. The van der Waals surface area contributed by atoms with Crippen molar-refractivity contribution in [2.75, 3.05) is 33.7 Å². The lowest BCUT2D eigenvalue weighted by molar-refractivity contribution is -0.127. The lowest BCUT2D eigenvalue weighted by atomic mass is 9.92. The van der Waals surface area contributed by atoms with E-state index < -0.39 is 0 Å². The minimum Gasteiger partial charge on any atom is -0.354 e. The Hall–Kier alpha value is -0.570. The average Bonchev–Trinajstić information content (AvgIpc) is 3.44. The van der Waals surface area contributed by atoms with Gasteiger partial charge < -0.3 is 20.4 Å². The summed E-state index contributed by atoms with van der Waals surface area (Å²) in [5.74, 6) is 0.873. The number of guanidine groups is 1. The van der Waals surface area contributed by atoms with Crippen LogP contribution in [-0.4, -0.2) is 73.5 Å². The molecule has 3 fully saturated rings. The first-order valence-corrected chi connectivity index (χ1v) is 10.1. The summed E-state index contributed by atoms with van der Waals surface area (Å²) in [7, 11) is 3.56. The Kier molecular flexibility index (Phi) is 8.93. The maximum absolute atomic E-state index is 11.8. The number of nitrogens with one attached hydrogen (secondary N) is 2. The molecule has 1 saturated heterocycles. The fourth-order valence-electron chi connectivity index (χ4n) is 3.89. The van der Waals surface area contributed by atoms with Gasteiger partial charge in [-0.25, -0.2) is 4.99 Å². The van der Waals surface area contributed by atoms with Crippen molar-refractivity contribution in [3.05, 3.63) is 0 Å². The minimum absolute atomic E-state index is 0. The van der Waals surface area contributed by atoms with E-state index in [1.807, 2.05) is 0 Å². The van der Waals surface area contributed by atoms with E-state index in [4.69, 9.17) is 0 Å². The Balaban J connectivity index is 0.00000243. The number of nitrogens with zero attached hydrogens (tertiary/aromatic N) is 3. The van der Waals surface area contributed by atoms with Crippen molar-refractivity contribution in [1.82, 2.24) is 20.4 Å². The Morgan fingerprint density at radius 3 is 2.08 bits per heavy atom. The Morgan fingerprint density at radius 2 is 1.54 bits per heavy atom. The zero-order valence-electron chi connectivity index (χ0n) is 16.4. The van der Waals surface area contributed by atoms with E-state index >= 15 is 0 Å². The zero-order chi connectivity index (χ0) is 17.6. The molecule has 1 heterocycles. The molecule has 26 heavy (non-hydrogen) atoms. The van der Waals surface area contributed by atoms with Gasteiger partial charge in [0.15, 0.2) is 5.96 Å². The van der Waals surface area contributed by atoms with Gasteiger partial charge in [0, 0.05) is 45.3 Å². The molecule has 0 radical (unpaired) electrons.